The molecule has 1 N–H and O–H groups in total. The van der Waals surface area contributed by atoms with Crippen molar-refractivity contribution >= 4 is 11.6 Å². The van der Waals surface area contributed by atoms with Crippen LogP contribution in [0.25, 0.3) is 0 Å². The summed E-state index contributed by atoms with van der Waals surface area (Å²) in [5, 5.41) is 2.96. The first kappa shape index (κ1) is 15.6. The second kappa shape index (κ2) is 6.87. The van der Waals surface area contributed by atoms with E-state index in [1.54, 1.807) is 7.11 Å². The van der Waals surface area contributed by atoms with Gasteiger partial charge in [0.15, 0.2) is 0 Å². The Hall–Kier alpha value is -2.27. The van der Waals surface area contributed by atoms with Gasteiger partial charge in [0.25, 0.3) is 0 Å². The number of ether oxygens (including phenoxy) is 1. The number of hydrogen-bond donors (Lipinski definition) is 1. The number of benzene rings is 1. The highest BCUT2D eigenvalue weighted by atomic mass is 16.5. The SMILES string of the molecule is COc1cccc(NC(=O)CN2CCC[C@H]2c2cccn2C)c1. The van der Waals surface area contributed by atoms with E-state index >= 15 is 0 Å². The Bertz CT molecular complexity index is 680. The predicted molar refractivity (Wildman–Crippen MR) is 90.6 cm³/mol. The van der Waals surface area contributed by atoms with E-state index in [2.05, 4.69) is 40.2 Å². The average molecular weight is 313 g/mol. The smallest absolute Gasteiger partial charge is 0.238 e. The second-order valence-corrected chi connectivity index (χ2v) is 5.95. The maximum Gasteiger partial charge on any atom is 0.238 e. The average Bonchev–Trinajstić information content (AvgIpc) is 3.15. The lowest BCUT2D eigenvalue weighted by molar-refractivity contribution is -0.117. The highest BCUT2D eigenvalue weighted by molar-refractivity contribution is 5.92. The molecule has 2 heterocycles. The Balaban J connectivity index is 1.64. The van der Waals surface area contributed by atoms with Crippen LogP contribution in [0, 0.1) is 0 Å². The summed E-state index contributed by atoms with van der Waals surface area (Å²) in [6, 6.07) is 12.0. The highest BCUT2D eigenvalue weighted by Gasteiger charge is 2.28. The Kier molecular flexibility index (Phi) is 4.67. The number of nitrogens with one attached hydrogen (secondary N) is 1. The van der Waals surface area contributed by atoms with Crippen LogP contribution in [-0.2, 0) is 11.8 Å². The molecule has 1 aromatic heterocycles. The fourth-order valence-corrected chi connectivity index (χ4v) is 3.26. The molecule has 1 atom stereocenters. The van der Waals surface area contributed by atoms with Crippen LogP contribution in [0.2, 0.25) is 0 Å². The van der Waals surface area contributed by atoms with E-state index in [-0.39, 0.29) is 5.91 Å². The number of aromatic nitrogens is 1. The zero-order chi connectivity index (χ0) is 16.2. The van der Waals surface area contributed by atoms with Gasteiger partial charge in [-0.15, -0.1) is 0 Å². The summed E-state index contributed by atoms with van der Waals surface area (Å²) in [6.45, 7) is 1.37. The van der Waals surface area contributed by atoms with Crippen molar-refractivity contribution in [3.63, 3.8) is 0 Å². The molecule has 1 aromatic carbocycles. The molecule has 0 spiro atoms. The van der Waals surface area contributed by atoms with Gasteiger partial charge >= 0.3 is 0 Å². The molecule has 122 valence electrons. The van der Waals surface area contributed by atoms with Crippen LogP contribution < -0.4 is 10.1 Å². The first-order valence-electron chi connectivity index (χ1n) is 7.96. The number of carbonyl (C=O) groups excluding carboxylic acids is 1. The predicted octanol–water partition coefficient (Wildman–Crippen LogP) is 2.81. The summed E-state index contributed by atoms with van der Waals surface area (Å²) < 4.78 is 7.33. The molecule has 5 nitrogen and oxygen atoms in total. The van der Waals surface area contributed by atoms with Crippen LogP contribution in [-0.4, -0.2) is 35.6 Å². The Morgan fingerprint density at radius 3 is 2.96 bits per heavy atom. The Morgan fingerprint density at radius 2 is 2.22 bits per heavy atom. The second-order valence-electron chi connectivity index (χ2n) is 5.95. The minimum absolute atomic E-state index is 0.0133. The van der Waals surface area contributed by atoms with E-state index < -0.39 is 0 Å². The maximum absolute atomic E-state index is 12.4. The first-order chi connectivity index (χ1) is 11.2. The van der Waals surface area contributed by atoms with Gasteiger partial charge in [0.05, 0.1) is 19.7 Å². The molecule has 1 saturated heterocycles. The molecule has 1 aliphatic rings. The van der Waals surface area contributed by atoms with Crippen molar-refractivity contribution in [3.05, 3.63) is 48.3 Å². The summed E-state index contributed by atoms with van der Waals surface area (Å²) in [7, 11) is 3.68. The van der Waals surface area contributed by atoms with E-state index in [1.165, 1.54) is 5.69 Å². The number of hydrogen-bond acceptors (Lipinski definition) is 3. The van der Waals surface area contributed by atoms with Gasteiger partial charge in [-0.2, -0.15) is 0 Å². The van der Waals surface area contributed by atoms with Gasteiger partial charge in [0.2, 0.25) is 5.91 Å². The van der Waals surface area contributed by atoms with E-state index in [0.717, 1.165) is 30.8 Å². The van der Waals surface area contributed by atoms with Gasteiger partial charge in [-0.3, -0.25) is 9.69 Å². The minimum atomic E-state index is 0.0133. The summed E-state index contributed by atoms with van der Waals surface area (Å²) in [5.74, 6) is 0.755. The largest absolute Gasteiger partial charge is 0.497 e. The summed E-state index contributed by atoms with van der Waals surface area (Å²) in [6.07, 6.45) is 4.29. The maximum atomic E-state index is 12.4. The van der Waals surface area contributed by atoms with Gasteiger partial charge in [0, 0.05) is 30.7 Å². The molecule has 0 saturated carbocycles. The molecule has 0 radical (unpaired) electrons. The van der Waals surface area contributed by atoms with Crippen LogP contribution in [0.5, 0.6) is 5.75 Å². The van der Waals surface area contributed by atoms with Crippen LogP contribution in [0.3, 0.4) is 0 Å². The number of rotatable bonds is 5. The number of methoxy groups -OCH3 is 1. The number of carbonyl (C=O) groups is 1. The third-order valence-corrected chi connectivity index (χ3v) is 4.39. The van der Waals surface area contributed by atoms with Crippen molar-refractivity contribution in [1.82, 2.24) is 9.47 Å². The standard InChI is InChI=1S/C18H23N3O2/c1-20-10-4-8-16(20)17-9-5-11-21(17)13-18(22)19-14-6-3-7-15(12-14)23-2/h3-4,6-8,10,12,17H,5,9,11,13H2,1-2H3,(H,19,22)/t17-/m0/s1. The fourth-order valence-electron chi connectivity index (χ4n) is 3.26. The third-order valence-electron chi connectivity index (χ3n) is 4.39. The van der Waals surface area contributed by atoms with E-state index in [4.69, 9.17) is 4.74 Å². The lowest BCUT2D eigenvalue weighted by Crippen LogP contribution is -2.33. The van der Waals surface area contributed by atoms with Crippen LogP contribution >= 0.6 is 0 Å². The molecule has 2 aromatic rings. The lowest BCUT2D eigenvalue weighted by atomic mass is 10.1. The van der Waals surface area contributed by atoms with E-state index in [9.17, 15) is 4.79 Å². The molecule has 23 heavy (non-hydrogen) atoms. The van der Waals surface area contributed by atoms with Crippen molar-refractivity contribution in [2.24, 2.45) is 7.05 Å². The van der Waals surface area contributed by atoms with Crippen LogP contribution in [0.1, 0.15) is 24.6 Å². The van der Waals surface area contributed by atoms with Crippen molar-refractivity contribution in [2.75, 3.05) is 25.5 Å². The molecule has 1 amide bonds. The monoisotopic (exact) mass is 313 g/mol. The van der Waals surface area contributed by atoms with E-state index in [1.807, 2.05) is 24.3 Å². The van der Waals surface area contributed by atoms with Crippen molar-refractivity contribution in [2.45, 2.75) is 18.9 Å². The highest BCUT2D eigenvalue weighted by Crippen LogP contribution is 2.31. The number of likely N-dealkylation sites (tertiary alicyclic amines) is 1. The quantitative estimate of drug-likeness (QED) is 0.923. The normalized spacial score (nSPS) is 18.1. The number of nitrogens with zero attached hydrogens (tertiary/aromatic N) is 2. The molecular weight excluding hydrogens is 290 g/mol. The summed E-state index contributed by atoms with van der Waals surface area (Å²) >= 11 is 0. The molecule has 0 bridgehead atoms. The van der Waals surface area contributed by atoms with Gasteiger partial charge in [-0.25, -0.2) is 0 Å². The topological polar surface area (TPSA) is 46.5 Å². The number of aryl methyl sites for hydroxylation is 1. The minimum Gasteiger partial charge on any atom is -0.497 e. The number of amides is 1. The van der Waals surface area contributed by atoms with Crippen molar-refractivity contribution in [3.8, 4) is 5.75 Å². The molecule has 1 fully saturated rings. The lowest BCUT2D eigenvalue weighted by Gasteiger charge is -2.24. The Morgan fingerprint density at radius 1 is 1.35 bits per heavy atom. The zero-order valence-corrected chi connectivity index (χ0v) is 13.7. The molecule has 3 rings (SSSR count). The van der Waals surface area contributed by atoms with Crippen molar-refractivity contribution in [1.29, 1.82) is 0 Å². The number of anilines is 1. The zero-order valence-electron chi connectivity index (χ0n) is 13.7. The molecule has 0 unspecified atom stereocenters. The van der Waals surface area contributed by atoms with Gasteiger partial charge in [-0.05, 0) is 43.7 Å². The molecule has 1 aliphatic heterocycles. The van der Waals surface area contributed by atoms with Gasteiger partial charge in [0.1, 0.15) is 5.75 Å². The van der Waals surface area contributed by atoms with Crippen LogP contribution in [0.15, 0.2) is 42.6 Å². The summed E-state index contributed by atoms with van der Waals surface area (Å²) in [5.41, 5.74) is 2.04. The third kappa shape index (κ3) is 3.56. The van der Waals surface area contributed by atoms with Gasteiger partial charge < -0.3 is 14.6 Å². The molecule has 0 aliphatic carbocycles. The molecule has 5 heteroatoms. The fraction of sp³-hybridized carbons (Fsp3) is 0.389. The van der Waals surface area contributed by atoms with E-state index in [0.29, 0.717) is 12.6 Å². The van der Waals surface area contributed by atoms with Gasteiger partial charge in [-0.1, -0.05) is 6.07 Å². The first-order valence-corrected chi connectivity index (χ1v) is 7.96. The Labute approximate surface area is 136 Å². The molecular formula is C18H23N3O2. The summed E-state index contributed by atoms with van der Waals surface area (Å²) in [4.78, 5) is 14.6. The van der Waals surface area contributed by atoms with Crippen molar-refractivity contribution < 1.29 is 9.53 Å². The van der Waals surface area contributed by atoms with Crippen LogP contribution in [0.4, 0.5) is 5.69 Å².